The number of halogens is 2. The first kappa shape index (κ1) is 19.4. The molecule has 0 amide bonds. The largest absolute Gasteiger partial charge is 0.383 e. The van der Waals surface area contributed by atoms with Gasteiger partial charge in [-0.15, -0.1) is 0 Å². The van der Waals surface area contributed by atoms with Crippen molar-refractivity contribution in [2.45, 2.75) is 76.4 Å². The highest BCUT2D eigenvalue weighted by Gasteiger charge is 2.84. The molecule has 4 nitrogen and oxygen atoms in total. The maximum Gasteiger partial charge on any atom is 0.282 e. The molecule has 1 aromatic heterocycles. The summed E-state index contributed by atoms with van der Waals surface area (Å²) in [4.78, 5) is 17.2. The van der Waals surface area contributed by atoms with E-state index in [4.69, 9.17) is 0 Å². The van der Waals surface area contributed by atoms with Gasteiger partial charge in [-0.1, -0.05) is 6.92 Å². The number of alkyl halides is 2. The second kappa shape index (κ2) is 6.14. The highest BCUT2D eigenvalue weighted by molar-refractivity contribution is 5.82. The highest BCUT2D eigenvalue weighted by atomic mass is 19.3. The lowest BCUT2D eigenvalue weighted by molar-refractivity contribution is -0.131. The lowest BCUT2D eigenvalue weighted by Crippen LogP contribution is -2.50. The van der Waals surface area contributed by atoms with Crippen molar-refractivity contribution in [3.8, 4) is 0 Å². The topological polar surface area (TPSA) is 55.1 Å². The molecule has 5 aliphatic carbocycles. The van der Waals surface area contributed by atoms with Crippen LogP contribution in [-0.4, -0.2) is 32.0 Å². The molecule has 1 unspecified atom stereocenters. The van der Waals surface area contributed by atoms with Crippen molar-refractivity contribution in [3.05, 3.63) is 18.7 Å². The number of hydrogen-bond donors (Lipinski definition) is 1. The van der Waals surface area contributed by atoms with Crippen LogP contribution in [0, 0.1) is 46.8 Å². The Kier molecular flexibility index (Phi) is 3.97. The number of aliphatic hydroxyl groups is 1. The molecule has 9 atom stereocenters. The van der Waals surface area contributed by atoms with Crippen molar-refractivity contribution >= 4 is 5.78 Å². The third kappa shape index (κ3) is 2.35. The lowest BCUT2D eigenvalue weighted by Gasteiger charge is -2.55. The fourth-order valence-corrected chi connectivity index (χ4v) is 9.02. The summed E-state index contributed by atoms with van der Waals surface area (Å²) in [5.41, 5.74) is -1.66. The van der Waals surface area contributed by atoms with E-state index in [2.05, 4.69) is 11.9 Å². The number of nitrogens with zero attached hydrogens (tertiary/aromatic N) is 2. The standard InChI is InChI=1S/C24H32F2N2O2/c1-22-8-6-14-15-7-9-23(30)21(24(23,25)26)17(15)3-2-16(14)18(22)4-5-19(22)20(29)12-28-11-10-27-13-28/h10-11,13-19,21,30H,2-9,12H2,1H3/t14-,15-,16-,17+,18+,19-,21?,22+,23-/m1/s1. The first-order valence-electron chi connectivity index (χ1n) is 11.9. The third-order valence-electron chi connectivity index (χ3n) is 10.4. The zero-order valence-corrected chi connectivity index (χ0v) is 17.6. The van der Waals surface area contributed by atoms with Gasteiger partial charge in [-0.05, 0) is 86.4 Å². The van der Waals surface area contributed by atoms with Crippen LogP contribution in [0.2, 0.25) is 0 Å². The Morgan fingerprint density at radius 3 is 2.57 bits per heavy atom. The summed E-state index contributed by atoms with van der Waals surface area (Å²) in [5.74, 6) is -1.31. The first-order valence-corrected chi connectivity index (χ1v) is 11.9. The minimum atomic E-state index is -2.87. The number of carbonyl (C=O) groups is 1. The molecule has 5 fully saturated rings. The number of fused-ring (bicyclic) bond motifs is 7. The quantitative estimate of drug-likeness (QED) is 0.795. The Balaban J connectivity index is 1.21. The van der Waals surface area contributed by atoms with E-state index in [0.29, 0.717) is 36.0 Å². The third-order valence-corrected chi connectivity index (χ3v) is 10.4. The molecule has 1 N–H and O–H groups in total. The maximum atomic E-state index is 14.4. The van der Waals surface area contributed by atoms with Crippen LogP contribution in [0.15, 0.2) is 18.7 Å². The fourth-order valence-electron chi connectivity index (χ4n) is 9.02. The second-order valence-corrected chi connectivity index (χ2v) is 11.3. The van der Waals surface area contributed by atoms with Gasteiger partial charge in [-0.25, -0.2) is 13.8 Å². The van der Waals surface area contributed by atoms with Crippen molar-refractivity contribution in [1.29, 1.82) is 0 Å². The summed E-state index contributed by atoms with van der Waals surface area (Å²) >= 11 is 0. The summed E-state index contributed by atoms with van der Waals surface area (Å²) < 4.78 is 30.6. The van der Waals surface area contributed by atoms with Crippen LogP contribution >= 0.6 is 0 Å². The van der Waals surface area contributed by atoms with Gasteiger partial charge in [0.15, 0.2) is 5.78 Å². The van der Waals surface area contributed by atoms with E-state index < -0.39 is 17.4 Å². The zero-order chi connectivity index (χ0) is 20.9. The van der Waals surface area contributed by atoms with Gasteiger partial charge in [-0.3, -0.25) is 4.79 Å². The first-order chi connectivity index (χ1) is 14.3. The average molecular weight is 419 g/mol. The molecule has 6 rings (SSSR count). The van der Waals surface area contributed by atoms with Gasteiger partial charge in [0.25, 0.3) is 5.92 Å². The Morgan fingerprint density at radius 2 is 1.80 bits per heavy atom. The van der Waals surface area contributed by atoms with Crippen LogP contribution < -0.4 is 0 Å². The molecule has 164 valence electrons. The molecule has 0 spiro atoms. The molecular formula is C24H32F2N2O2. The zero-order valence-electron chi connectivity index (χ0n) is 17.6. The molecule has 30 heavy (non-hydrogen) atoms. The van der Waals surface area contributed by atoms with Crippen LogP contribution in [-0.2, 0) is 11.3 Å². The molecule has 0 saturated heterocycles. The van der Waals surface area contributed by atoms with Crippen LogP contribution in [0.3, 0.4) is 0 Å². The summed E-state index contributed by atoms with van der Waals surface area (Å²) in [6.07, 6.45) is 12.3. The Morgan fingerprint density at radius 1 is 1.07 bits per heavy atom. The number of aromatic nitrogens is 2. The molecule has 1 aromatic rings. The van der Waals surface area contributed by atoms with Crippen LogP contribution in [0.25, 0.3) is 0 Å². The molecule has 0 aliphatic heterocycles. The molecule has 0 aromatic carbocycles. The van der Waals surface area contributed by atoms with E-state index in [0.717, 1.165) is 44.9 Å². The molecule has 0 radical (unpaired) electrons. The van der Waals surface area contributed by atoms with Crippen LogP contribution in [0.4, 0.5) is 8.78 Å². The smallest absolute Gasteiger partial charge is 0.282 e. The normalized spacial score (nSPS) is 50.7. The predicted molar refractivity (Wildman–Crippen MR) is 107 cm³/mol. The molecule has 5 saturated carbocycles. The Labute approximate surface area is 176 Å². The summed E-state index contributed by atoms with van der Waals surface area (Å²) in [7, 11) is 0. The maximum absolute atomic E-state index is 14.4. The molecule has 5 aliphatic rings. The van der Waals surface area contributed by atoms with Gasteiger partial charge in [0.05, 0.1) is 18.8 Å². The number of rotatable bonds is 3. The molecule has 0 bridgehead atoms. The van der Waals surface area contributed by atoms with Gasteiger partial charge < -0.3 is 9.67 Å². The van der Waals surface area contributed by atoms with Crippen molar-refractivity contribution in [2.75, 3.05) is 0 Å². The monoisotopic (exact) mass is 418 g/mol. The summed E-state index contributed by atoms with van der Waals surface area (Å²) in [5, 5.41) is 10.4. The number of imidazole rings is 1. The minimum absolute atomic E-state index is 0.00979. The van der Waals surface area contributed by atoms with E-state index in [-0.39, 0.29) is 23.7 Å². The van der Waals surface area contributed by atoms with E-state index in [1.54, 1.807) is 12.5 Å². The van der Waals surface area contributed by atoms with Gasteiger partial charge in [0.2, 0.25) is 0 Å². The Hall–Kier alpha value is -1.30. The summed E-state index contributed by atoms with van der Waals surface area (Å²) in [6.45, 7) is 2.74. The fraction of sp³-hybridized carbons (Fsp3) is 0.833. The number of ketones is 1. The average Bonchev–Trinajstić information content (AvgIpc) is 3.13. The number of Topliss-reactive ketones (excluding diaryl/α,β-unsaturated/α-hetero) is 1. The molecular weight excluding hydrogens is 386 g/mol. The van der Waals surface area contributed by atoms with Crippen molar-refractivity contribution in [2.24, 2.45) is 46.8 Å². The number of hydrogen-bond acceptors (Lipinski definition) is 3. The van der Waals surface area contributed by atoms with Gasteiger partial charge in [-0.2, -0.15) is 0 Å². The van der Waals surface area contributed by atoms with E-state index in [9.17, 15) is 18.7 Å². The molecule has 6 heteroatoms. The van der Waals surface area contributed by atoms with Gasteiger partial charge in [0, 0.05) is 18.3 Å². The van der Waals surface area contributed by atoms with Crippen molar-refractivity contribution < 1.29 is 18.7 Å². The molecule has 1 heterocycles. The van der Waals surface area contributed by atoms with E-state index >= 15 is 0 Å². The predicted octanol–water partition coefficient (Wildman–Crippen LogP) is 4.33. The minimum Gasteiger partial charge on any atom is -0.383 e. The highest BCUT2D eigenvalue weighted by Crippen LogP contribution is 2.73. The lowest BCUT2D eigenvalue weighted by atomic mass is 9.49. The van der Waals surface area contributed by atoms with Gasteiger partial charge in [0.1, 0.15) is 5.60 Å². The van der Waals surface area contributed by atoms with Gasteiger partial charge >= 0.3 is 0 Å². The SMILES string of the molecule is C[C@]12CC[C@@H]3[C@H]4CC[C@@]5(O)C([C@H]4CC[C@H]3[C@@H]1CC[C@@H]2C(=O)Cn1ccnc1)C5(F)F. The van der Waals surface area contributed by atoms with Crippen LogP contribution in [0.1, 0.15) is 58.3 Å². The summed E-state index contributed by atoms with van der Waals surface area (Å²) in [6, 6.07) is 0. The van der Waals surface area contributed by atoms with E-state index in [1.165, 1.54) is 0 Å². The van der Waals surface area contributed by atoms with Crippen molar-refractivity contribution in [1.82, 2.24) is 9.55 Å². The van der Waals surface area contributed by atoms with Crippen molar-refractivity contribution in [3.63, 3.8) is 0 Å². The Bertz CT molecular complexity index is 857. The van der Waals surface area contributed by atoms with Crippen LogP contribution in [0.5, 0.6) is 0 Å². The number of carbonyl (C=O) groups excluding carboxylic acids is 1. The van der Waals surface area contributed by atoms with E-state index in [1.807, 2.05) is 10.8 Å². The second-order valence-electron chi connectivity index (χ2n) is 11.3.